The molecule has 0 aromatic heterocycles. The van der Waals surface area contributed by atoms with Crippen molar-refractivity contribution in [2.24, 2.45) is 4.99 Å². The fourth-order valence-electron chi connectivity index (χ4n) is 2.74. The highest BCUT2D eigenvalue weighted by Gasteiger charge is 2.05. The van der Waals surface area contributed by atoms with Gasteiger partial charge in [0, 0.05) is 6.21 Å². The molecule has 0 amide bonds. The van der Waals surface area contributed by atoms with Crippen molar-refractivity contribution in [1.82, 2.24) is 0 Å². The van der Waals surface area contributed by atoms with Gasteiger partial charge in [-0.15, -0.1) is 0 Å². The lowest BCUT2D eigenvalue weighted by Crippen LogP contribution is -1.99. The van der Waals surface area contributed by atoms with E-state index in [2.05, 4.69) is 18.0 Å². The third kappa shape index (κ3) is 6.88. The van der Waals surface area contributed by atoms with Crippen molar-refractivity contribution in [3.8, 4) is 11.8 Å². The molecule has 0 unspecified atom stereocenters. The lowest BCUT2D eigenvalue weighted by atomic mass is 10.1. The van der Waals surface area contributed by atoms with Gasteiger partial charge in [0.2, 0.25) is 0 Å². The SMILES string of the molecule is CCCCCCCCOc1ccc(N=Cc2ccc(C(=O)O)cc2)cc1C#N. The summed E-state index contributed by atoms with van der Waals surface area (Å²) >= 11 is 0. The molecule has 0 aliphatic rings. The Bertz CT molecular complexity index is 836. The molecule has 0 fully saturated rings. The maximum Gasteiger partial charge on any atom is 0.335 e. The largest absolute Gasteiger partial charge is 0.492 e. The Hall–Kier alpha value is -3.13. The van der Waals surface area contributed by atoms with Crippen molar-refractivity contribution >= 4 is 17.9 Å². The third-order valence-electron chi connectivity index (χ3n) is 4.36. The number of carbonyl (C=O) groups is 1. The van der Waals surface area contributed by atoms with Crippen LogP contribution in [0.15, 0.2) is 47.5 Å². The van der Waals surface area contributed by atoms with E-state index in [-0.39, 0.29) is 5.56 Å². The molecule has 1 N–H and O–H groups in total. The lowest BCUT2D eigenvalue weighted by molar-refractivity contribution is 0.0697. The summed E-state index contributed by atoms with van der Waals surface area (Å²) < 4.78 is 5.76. The molecular formula is C23H26N2O3. The van der Waals surface area contributed by atoms with Crippen LogP contribution in [0.25, 0.3) is 0 Å². The fourth-order valence-corrected chi connectivity index (χ4v) is 2.74. The average molecular weight is 378 g/mol. The second-order valence-corrected chi connectivity index (χ2v) is 6.59. The van der Waals surface area contributed by atoms with Crippen LogP contribution in [0.1, 0.15) is 66.9 Å². The minimum Gasteiger partial charge on any atom is -0.492 e. The van der Waals surface area contributed by atoms with Gasteiger partial charge in [-0.1, -0.05) is 51.2 Å². The Kier molecular flexibility index (Phi) is 8.74. The van der Waals surface area contributed by atoms with Crippen LogP contribution in [0.3, 0.4) is 0 Å². The van der Waals surface area contributed by atoms with Crippen molar-refractivity contribution in [3.05, 3.63) is 59.2 Å². The lowest BCUT2D eigenvalue weighted by Gasteiger charge is -2.08. The van der Waals surface area contributed by atoms with Crippen LogP contribution in [0.5, 0.6) is 5.75 Å². The zero-order chi connectivity index (χ0) is 20.2. The van der Waals surface area contributed by atoms with E-state index in [1.54, 1.807) is 36.5 Å². The molecule has 0 saturated carbocycles. The van der Waals surface area contributed by atoms with E-state index in [1.807, 2.05) is 0 Å². The summed E-state index contributed by atoms with van der Waals surface area (Å²) in [4.78, 5) is 15.2. The van der Waals surface area contributed by atoms with E-state index in [0.717, 1.165) is 18.4 Å². The number of rotatable bonds is 11. The molecule has 2 aromatic rings. The van der Waals surface area contributed by atoms with Gasteiger partial charge in [0.05, 0.1) is 23.4 Å². The van der Waals surface area contributed by atoms with Crippen LogP contribution in [0, 0.1) is 11.3 Å². The van der Waals surface area contributed by atoms with E-state index in [0.29, 0.717) is 23.6 Å². The highest BCUT2D eigenvalue weighted by Crippen LogP contribution is 2.24. The van der Waals surface area contributed by atoms with Crippen molar-refractivity contribution in [3.63, 3.8) is 0 Å². The first-order valence-corrected chi connectivity index (χ1v) is 9.68. The molecule has 5 heteroatoms. The summed E-state index contributed by atoms with van der Waals surface area (Å²) in [7, 11) is 0. The van der Waals surface area contributed by atoms with Crippen LogP contribution in [0.4, 0.5) is 5.69 Å². The van der Waals surface area contributed by atoms with Crippen molar-refractivity contribution in [1.29, 1.82) is 5.26 Å². The molecule has 0 saturated heterocycles. The zero-order valence-corrected chi connectivity index (χ0v) is 16.2. The maximum absolute atomic E-state index is 10.9. The minimum absolute atomic E-state index is 0.232. The Morgan fingerprint density at radius 3 is 2.50 bits per heavy atom. The summed E-state index contributed by atoms with van der Waals surface area (Å²) in [5.41, 5.74) is 2.12. The number of aromatic carboxylic acids is 1. The fraction of sp³-hybridized carbons (Fsp3) is 0.348. The van der Waals surface area contributed by atoms with Crippen molar-refractivity contribution < 1.29 is 14.6 Å². The summed E-state index contributed by atoms with van der Waals surface area (Å²) in [6.07, 6.45) is 8.79. The number of nitriles is 1. The summed E-state index contributed by atoms with van der Waals surface area (Å²) in [6, 6.07) is 13.9. The van der Waals surface area contributed by atoms with E-state index in [9.17, 15) is 10.1 Å². The molecule has 146 valence electrons. The number of unbranched alkanes of at least 4 members (excludes halogenated alkanes) is 5. The van der Waals surface area contributed by atoms with Crippen LogP contribution in [-0.2, 0) is 0 Å². The van der Waals surface area contributed by atoms with E-state index >= 15 is 0 Å². The van der Waals surface area contributed by atoms with Gasteiger partial charge in [-0.25, -0.2) is 4.79 Å². The number of carboxylic acid groups (broad SMARTS) is 1. The summed E-state index contributed by atoms with van der Waals surface area (Å²) in [5, 5.41) is 18.3. The second kappa shape index (κ2) is 11.6. The monoisotopic (exact) mass is 378 g/mol. The third-order valence-corrected chi connectivity index (χ3v) is 4.36. The molecule has 28 heavy (non-hydrogen) atoms. The second-order valence-electron chi connectivity index (χ2n) is 6.59. The standard InChI is InChI=1S/C23H26N2O3/c1-2-3-4-5-6-7-14-28-22-13-12-21(15-20(22)16-24)25-17-18-8-10-19(11-9-18)23(26)27/h8-13,15,17H,2-7,14H2,1H3,(H,26,27). The van der Waals surface area contributed by atoms with E-state index in [4.69, 9.17) is 9.84 Å². The highest BCUT2D eigenvalue weighted by atomic mass is 16.5. The Balaban J connectivity index is 1.91. The predicted molar refractivity (Wildman–Crippen MR) is 111 cm³/mol. The Morgan fingerprint density at radius 2 is 1.82 bits per heavy atom. The molecular weight excluding hydrogens is 352 g/mol. The molecule has 0 heterocycles. The molecule has 0 radical (unpaired) electrons. The number of benzene rings is 2. The number of hydrogen-bond donors (Lipinski definition) is 1. The van der Waals surface area contributed by atoms with Gasteiger partial charge in [-0.3, -0.25) is 4.99 Å². The van der Waals surface area contributed by atoms with Gasteiger partial charge < -0.3 is 9.84 Å². The minimum atomic E-state index is -0.960. The Morgan fingerprint density at radius 1 is 1.11 bits per heavy atom. The predicted octanol–water partition coefficient (Wildman–Crippen LogP) is 5.75. The molecule has 5 nitrogen and oxygen atoms in total. The molecule has 0 aliphatic heterocycles. The summed E-state index contributed by atoms with van der Waals surface area (Å²) in [5.74, 6) is -0.375. The van der Waals surface area contributed by atoms with Crippen molar-refractivity contribution in [2.75, 3.05) is 6.61 Å². The Labute approximate surface area is 166 Å². The zero-order valence-electron chi connectivity index (χ0n) is 16.2. The van der Waals surface area contributed by atoms with Gasteiger partial charge in [-0.05, 0) is 42.3 Å². The first-order chi connectivity index (χ1) is 13.6. The molecule has 0 aliphatic carbocycles. The van der Waals surface area contributed by atoms with Gasteiger partial charge in [0.15, 0.2) is 0 Å². The van der Waals surface area contributed by atoms with Crippen LogP contribution in [0.2, 0.25) is 0 Å². The van der Waals surface area contributed by atoms with Crippen LogP contribution < -0.4 is 4.74 Å². The van der Waals surface area contributed by atoms with Gasteiger partial charge in [0.1, 0.15) is 11.8 Å². The highest BCUT2D eigenvalue weighted by molar-refractivity contribution is 5.89. The molecule has 2 aromatic carbocycles. The number of ether oxygens (including phenoxy) is 1. The number of carboxylic acids is 1. The van der Waals surface area contributed by atoms with Crippen molar-refractivity contribution in [2.45, 2.75) is 45.4 Å². The van der Waals surface area contributed by atoms with Crippen LogP contribution >= 0.6 is 0 Å². The first-order valence-electron chi connectivity index (χ1n) is 9.68. The smallest absolute Gasteiger partial charge is 0.335 e. The van der Waals surface area contributed by atoms with Crippen LogP contribution in [-0.4, -0.2) is 23.9 Å². The quantitative estimate of drug-likeness (QED) is 0.399. The van der Waals surface area contributed by atoms with Gasteiger partial charge >= 0.3 is 5.97 Å². The maximum atomic E-state index is 10.9. The number of nitrogens with zero attached hydrogens (tertiary/aromatic N) is 2. The number of aliphatic imine (C=N–C) groups is 1. The normalized spacial score (nSPS) is 10.7. The number of hydrogen-bond acceptors (Lipinski definition) is 4. The molecule has 0 bridgehead atoms. The van der Waals surface area contributed by atoms with E-state index in [1.165, 1.54) is 37.8 Å². The first kappa shape index (κ1) is 21.2. The van der Waals surface area contributed by atoms with E-state index < -0.39 is 5.97 Å². The topological polar surface area (TPSA) is 82.7 Å². The molecule has 0 atom stereocenters. The van der Waals surface area contributed by atoms with Gasteiger partial charge in [0.25, 0.3) is 0 Å². The summed E-state index contributed by atoms with van der Waals surface area (Å²) in [6.45, 7) is 2.81. The van der Waals surface area contributed by atoms with Gasteiger partial charge in [-0.2, -0.15) is 5.26 Å². The average Bonchev–Trinajstić information content (AvgIpc) is 2.72. The molecule has 2 rings (SSSR count). The molecule has 0 spiro atoms.